The first-order valence-electron chi connectivity index (χ1n) is 7.94. The van der Waals surface area contributed by atoms with Gasteiger partial charge < -0.3 is 15.1 Å². The number of likely N-dealkylation sites (N-methyl/N-ethyl adjacent to an activating group) is 1. The highest BCUT2D eigenvalue weighted by Gasteiger charge is 2.20. The molecule has 0 spiro atoms. The molecule has 0 bridgehead atoms. The van der Waals surface area contributed by atoms with E-state index in [2.05, 4.69) is 67.2 Å². The summed E-state index contributed by atoms with van der Waals surface area (Å²) in [5.41, 5.74) is 2.76. The van der Waals surface area contributed by atoms with Crippen molar-refractivity contribution >= 4 is 5.69 Å². The average molecular weight is 275 g/mol. The fraction of sp³-hybridized carbons (Fsp3) is 0.647. The second-order valence-electron chi connectivity index (χ2n) is 5.89. The van der Waals surface area contributed by atoms with Crippen LogP contribution in [0.25, 0.3) is 0 Å². The molecule has 2 atom stereocenters. The van der Waals surface area contributed by atoms with Crippen LogP contribution in [0.5, 0.6) is 0 Å². The van der Waals surface area contributed by atoms with Gasteiger partial charge in [0.2, 0.25) is 0 Å². The van der Waals surface area contributed by atoms with Crippen LogP contribution in [-0.2, 0) is 0 Å². The molecule has 2 unspecified atom stereocenters. The minimum Gasteiger partial charge on any atom is -0.369 e. The summed E-state index contributed by atoms with van der Waals surface area (Å²) in [5, 5.41) is 3.54. The molecule has 1 saturated heterocycles. The summed E-state index contributed by atoms with van der Waals surface area (Å²) >= 11 is 0. The van der Waals surface area contributed by atoms with E-state index in [9.17, 15) is 0 Å². The maximum absolute atomic E-state index is 3.54. The van der Waals surface area contributed by atoms with Gasteiger partial charge in [0.15, 0.2) is 0 Å². The Morgan fingerprint density at radius 1 is 1.20 bits per heavy atom. The molecule has 1 aromatic carbocycles. The summed E-state index contributed by atoms with van der Waals surface area (Å²) in [7, 11) is 2.22. The summed E-state index contributed by atoms with van der Waals surface area (Å²) in [5.74, 6) is 0. The molecule has 0 aromatic heterocycles. The second kappa shape index (κ2) is 7.09. The molecule has 3 nitrogen and oxygen atoms in total. The van der Waals surface area contributed by atoms with Crippen LogP contribution in [0.3, 0.4) is 0 Å². The molecular weight excluding hydrogens is 246 g/mol. The van der Waals surface area contributed by atoms with Gasteiger partial charge in [0.25, 0.3) is 0 Å². The zero-order chi connectivity index (χ0) is 14.5. The zero-order valence-corrected chi connectivity index (χ0v) is 13.4. The van der Waals surface area contributed by atoms with Gasteiger partial charge in [-0.15, -0.1) is 0 Å². The molecule has 1 heterocycles. The molecule has 1 aliphatic heterocycles. The monoisotopic (exact) mass is 275 g/mol. The van der Waals surface area contributed by atoms with Gasteiger partial charge in [-0.3, -0.25) is 0 Å². The summed E-state index contributed by atoms with van der Waals surface area (Å²) in [4.78, 5) is 4.94. The van der Waals surface area contributed by atoms with Crippen molar-refractivity contribution in [3.05, 3.63) is 29.8 Å². The molecule has 2 rings (SSSR count). The number of nitrogens with one attached hydrogen (secondary N) is 1. The molecule has 20 heavy (non-hydrogen) atoms. The number of rotatable bonds is 5. The van der Waals surface area contributed by atoms with Crippen LogP contribution in [0.15, 0.2) is 24.3 Å². The van der Waals surface area contributed by atoms with Crippen molar-refractivity contribution in [3.8, 4) is 0 Å². The average Bonchev–Trinajstić information content (AvgIpc) is 2.48. The first-order chi connectivity index (χ1) is 9.65. The standard InChI is InChI=1S/C17H29N3/c1-5-17(18-6-2)15-7-9-16(10-8-15)20-12-11-19(4)14(3)13-20/h7-10,14,17-18H,5-6,11-13H2,1-4H3. The van der Waals surface area contributed by atoms with Gasteiger partial charge in [-0.25, -0.2) is 0 Å². The molecule has 1 aliphatic rings. The van der Waals surface area contributed by atoms with Crippen LogP contribution in [0, 0.1) is 0 Å². The van der Waals surface area contributed by atoms with Crippen molar-refractivity contribution in [2.45, 2.75) is 39.3 Å². The predicted octanol–water partition coefficient (Wildman–Crippen LogP) is 2.89. The van der Waals surface area contributed by atoms with Gasteiger partial charge in [-0.1, -0.05) is 26.0 Å². The van der Waals surface area contributed by atoms with Crippen LogP contribution in [0.4, 0.5) is 5.69 Å². The Labute approximate surface area is 124 Å². The molecular formula is C17H29N3. The third-order valence-electron chi connectivity index (χ3n) is 4.48. The highest BCUT2D eigenvalue weighted by Crippen LogP contribution is 2.23. The van der Waals surface area contributed by atoms with Gasteiger partial charge in [-0.05, 0) is 44.6 Å². The topological polar surface area (TPSA) is 18.5 Å². The molecule has 3 heteroatoms. The van der Waals surface area contributed by atoms with Gasteiger partial charge in [0.05, 0.1) is 0 Å². The van der Waals surface area contributed by atoms with Crippen LogP contribution in [0.2, 0.25) is 0 Å². The first-order valence-corrected chi connectivity index (χ1v) is 7.94. The van der Waals surface area contributed by atoms with E-state index in [1.165, 1.54) is 11.3 Å². The van der Waals surface area contributed by atoms with Crippen molar-refractivity contribution < 1.29 is 0 Å². The van der Waals surface area contributed by atoms with Gasteiger partial charge in [0.1, 0.15) is 0 Å². The minimum absolute atomic E-state index is 0.487. The van der Waals surface area contributed by atoms with Gasteiger partial charge >= 0.3 is 0 Å². The van der Waals surface area contributed by atoms with E-state index in [1.807, 2.05) is 0 Å². The Balaban J connectivity index is 2.04. The maximum Gasteiger partial charge on any atom is 0.0367 e. The largest absolute Gasteiger partial charge is 0.369 e. The Kier molecular flexibility index (Phi) is 5.44. The lowest BCUT2D eigenvalue weighted by molar-refractivity contribution is 0.234. The molecule has 0 aliphatic carbocycles. The second-order valence-corrected chi connectivity index (χ2v) is 5.89. The smallest absolute Gasteiger partial charge is 0.0367 e. The number of anilines is 1. The van der Waals surface area contributed by atoms with Crippen LogP contribution < -0.4 is 10.2 Å². The van der Waals surface area contributed by atoms with Crippen molar-refractivity contribution in [1.82, 2.24) is 10.2 Å². The first kappa shape index (κ1) is 15.3. The highest BCUT2D eigenvalue weighted by atomic mass is 15.3. The fourth-order valence-electron chi connectivity index (χ4n) is 2.94. The molecule has 1 N–H and O–H groups in total. The van der Waals surface area contributed by atoms with Crippen molar-refractivity contribution in [3.63, 3.8) is 0 Å². The molecule has 112 valence electrons. The third-order valence-corrected chi connectivity index (χ3v) is 4.48. The lowest BCUT2D eigenvalue weighted by Gasteiger charge is -2.39. The quantitative estimate of drug-likeness (QED) is 0.891. The highest BCUT2D eigenvalue weighted by molar-refractivity contribution is 5.48. The Bertz CT molecular complexity index is 401. The Hall–Kier alpha value is -1.06. The van der Waals surface area contributed by atoms with Crippen molar-refractivity contribution in [1.29, 1.82) is 0 Å². The number of piperazine rings is 1. The number of benzene rings is 1. The fourth-order valence-corrected chi connectivity index (χ4v) is 2.94. The number of nitrogens with zero attached hydrogens (tertiary/aromatic N) is 2. The predicted molar refractivity (Wildman–Crippen MR) is 87.5 cm³/mol. The minimum atomic E-state index is 0.487. The van der Waals surface area contributed by atoms with Crippen molar-refractivity contribution in [2.75, 3.05) is 38.1 Å². The maximum atomic E-state index is 3.54. The Morgan fingerprint density at radius 2 is 1.90 bits per heavy atom. The Morgan fingerprint density at radius 3 is 2.45 bits per heavy atom. The van der Waals surface area contributed by atoms with E-state index in [1.54, 1.807) is 0 Å². The van der Waals surface area contributed by atoms with E-state index in [-0.39, 0.29) is 0 Å². The van der Waals surface area contributed by atoms with Crippen LogP contribution in [-0.4, -0.2) is 44.2 Å². The SMILES string of the molecule is CCNC(CC)c1ccc(N2CCN(C)C(C)C2)cc1. The molecule has 0 radical (unpaired) electrons. The van der Waals surface area contributed by atoms with Crippen LogP contribution >= 0.6 is 0 Å². The summed E-state index contributed by atoms with van der Waals surface area (Å²) in [6.07, 6.45) is 1.14. The zero-order valence-electron chi connectivity index (χ0n) is 13.4. The number of hydrogen-bond donors (Lipinski definition) is 1. The lowest BCUT2D eigenvalue weighted by atomic mass is 10.0. The van der Waals surface area contributed by atoms with E-state index in [0.717, 1.165) is 32.6 Å². The molecule has 0 saturated carbocycles. The number of hydrogen-bond acceptors (Lipinski definition) is 3. The summed E-state index contributed by atoms with van der Waals surface area (Å²) < 4.78 is 0. The summed E-state index contributed by atoms with van der Waals surface area (Å²) in [6, 6.07) is 10.3. The van der Waals surface area contributed by atoms with Crippen LogP contribution in [0.1, 0.15) is 38.8 Å². The molecule has 1 aromatic rings. The van der Waals surface area contributed by atoms with Gasteiger partial charge in [-0.2, -0.15) is 0 Å². The van der Waals surface area contributed by atoms with E-state index < -0.39 is 0 Å². The molecule has 0 amide bonds. The molecule has 1 fully saturated rings. The lowest BCUT2D eigenvalue weighted by Crippen LogP contribution is -2.50. The van der Waals surface area contributed by atoms with Gasteiger partial charge in [0, 0.05) is 37.4 Å². The summed E-state index contributed by atoms with van der Waals surface area (Å²) in [6.45, 7) is 11.1. The normalized spacial score (nSPS) is 22.0. The van der Waals surface area contributed by atoms with Crippen molar-refractivity contribution in [2.24, 2.45) is 0 Å². The van der Waals surface area contributed by atoms with E-state index >= 15 is 0 Å². The van der Waals surface area contributed by atoms with E-state index in [4.69, 9.17) is 0 Å². The van der Waals surface area contributed by atoms with E-state index in [0.29, 0.717) is 12.1 Å². The third kappa shape index (κ3) is 3.53.